The van der Waals surface area contributed by atoms with Crippen LogP contribution >= 0.6 is 12.4 Å². The zero-order chi connectivity index (χ0) is 12.0. The fourth-order valence-electron chi connectivity index (χ4n) is 1.58. The first-order valence-electron chi connectivity index (χ1n) is 5.31. The average Bonchev–Trinajstić information content (AvgIpc) is 2.34. The van der Waals surface area contributed by atoms with Crippen LogP contribution in [0.4, 0.5) is 0 Å². The van der Waals surface area contributed by atoms with E-state index in [2.05, 4.69) is 6.58 Å². The van der Waals surface area contributed by atoms with Gasteiger partial charge in [0.2, 0.25) is 0 Å². The van der Waals surface area contributed by atoms with Gasteiger partial charge in [-0.1, -0.05) is 12.1 Å². The Morgan fingerprint density at radius 1 is 1.35 bits per heavy atom. The maximum Gasteiger partial charge on any atom is 0.127 e. The Kier molecular flexibility index (Phi) is 7.42. The van der Waals surface area contributed by atoms with Crippen molar-refractivity contribution in [2.45, 2.75) is 18.9 Å². The molecule has 0 spiro atoms. The van der Waals surface area contributed by atoms with Gasteiger partial charge in [0, 0.05) is 17.7 Å². The average molecular weight is 258 g/mol. The van der Waals surface area contributed by atoms with Crippen molar-refractivity contribution in [3.63, 3.8) is 0 Å². The van der Waals surface area contributed by atoms with E-state index in [1.807, 2.05) is 24.3 Å². The van der Waals surface area contributed by atoms with E-state index in [0.717, 1.165) is 29.9 Å². The first kappa shape index (κ1) is 15.8. The molecule has 0 saturated carbocycles. The maximum atomic E-state index is 6.08. The number of halogens is 1. The Bertz CT molecular complexity index is 355. The molecular weight excluding hydrogens is 238 g/mol. The number of benzene rings is 1. The Hall–Kier alpha value is -1.19. The molecule has 1 aromatic rings. The van der Waals surface area contributed by atoms with Crippen LogP contribution in [-0.2, 0) is 0 Å². The van der Waals surface area contributed by atoms with Gasteiger partial charge in [-0.05, 0) is 18.9 Å². The lowest BCUT2D eigenvalue weighted by Crippen LogP contribution is -2.11. The summed E-state index contributed by atoms with van der Waals surface area (Å²) < 4.78 is 10.4. The van der Waals surface area contributed by atoms with Gasteiger partial charge in [0.15, 0.2) is 0 Å². The first-order valence-corrected chi connectivity index (χ1v) is 5.31. The van der Waals surface area contributed by atoms with Crippen molar-refractivity contribution in [2.24, 2.45) is 5.73 Å². The van der Waals surface area contributed by atoms with E-state index in [4.69, 9.17) is 15.2 Å². The molecule has 0 radical (unpaired) electrons. The second kappa shape index (κ2) is 7.98. The van der Waals surface area contributed by atoms with E-state index in [9.17, 15) is 0 Å². The monoisotopic (exact) mass is 257 g/mol. The maximum absolute atomic E-state index is 6.08. The number of ether oxygens (including phenoxy) is 2. The molecule has 0 aromatic heterocycles. The van der Waals surface area contributed by atoms with Gasteiger partial charge in [0.1, 0.15) is 11.5 Å². The molecule has 96 valence electrons. The summed E-state index contributed by atoms with van der Waals surface area (Å²) in [6, 6.07) is 5.67. The van der Waals surface area contributed by atoms with Crippen molar-refractivity contribution >= 4 is 12.4 Å². The van der Waals surface area contributed by atoms with Crippen LogP contribution in [0.5, 0.6) is 11.5 Å². The van der Waals surface area contributed by atoms with Gasteiger partial charge >= 0.3 is 0 Å². The van der Waals surface area contributed by atoms with Crippen LogP contribution in [-0.4, -0.2) is 14.2 Å². The molecule has 1 rings (SSSR count). The topological polar surface area (TPSA) is 44.5 Å². The van der Waals surface area contributed by atoms with Gasteiger partial charge in [-0.15, -0.1) is 19.0 Å². The molecule has 0 fully saturated rings. The minimum atomic E-state index is -0.0288. The summed E-state index contributed by atoms with van der Waals surface area (Å²) in [6.07, 6.45) is 3.64. The number of methoxy groups -OCH3 is 2. The van der Waals surface area contributed by atoms with Gasteiger partial charge < -0.3 is 15.2 Å². The first-order chi connectivity index (χ1) is 7.72. The third kappa shape index (κ3) is 4.29. The second-order valence-corrected chi connectivity index (χ2v) is 3.58. The molecule has 0 heterocycles. The predicted molar refractivity (Wildman–Crippen MR) is 73.2 cm³/mol. The van der Waals surface area contributed by atoms with Crippen molar-refractivity contribution in [3.05, 3.63) is 36.4 Å². The molecule has 0 aliphatic carbocycles. The van der Waals surface area contributed by atoms with Crippen LogP contribution in [0.1, 0.15) is 24.4 Å². The molecule has 1 aromatic carbocycles. The molecular formula is C13H20ClNO2. The zero-order valence-electron chi connectivity index (χ0n) is 10.3. The van der Waals surface area contributed by atoms with E-state index in [1.165, 1.54) is 0 Å². The lowest BCUT2D eigenvalue weighted by molar-refractivity contribution is 0.387. The minimum absolute atomic E-state index is 0. The summed E-state index contributed by atoms with van der Waals surface area (Å²) in [4.78, 5) is 0. The molecule has 0 bridgehead atoms. The van der Waals surface area contributed by atoms with Crippen LogP contribution in [0.15, 0.2) is 30.9 Å². The molecule has 3 nitrogen and oxygen atoms in total. The van der Waals surface area contributed by atoms with Gasteiger partial charge in [-0.25, -0.2) is 0 Å². The molecule has 17 heavy (non-hydrogen) atoms. The van der Waals surface area contributed by atoms with Crippen molar-refractivity contribution in [1.29, 1.82) is 0 Å². The minimum Gasteiger partial charge on any atom is -0.497 e. The summed E-state index contributed by atoms with van der Waals surface area (Å²) in [5.41, 5.74) is 7.09. The van der Waals surface area contributed by atoms with Crippen molar-refractivity contribution in [1.82, 2.24) is 0 Å². The Morgan fingerprint density at radius 2 is 2.06 bits per heavy atom. The van der Waals surface area contributed by atoms with Crippen LogP contribution in [0, 0.1) is 0 Å². The number of rotatable bonds is 6. The fraction of sp³-hybridized carbons (Fsp3) is 0.385. The summed E-state index contributed by atoms with van der Waals surface area (Å²) in [7, 11) is 3.27. The Balaban J connectivity index is 0.00000256. The molecule has 0 amide bonds. The van der Waals surface area contributed by atoms with Gasteiger partial charge in [0.05, 0.1) is 14.2 Å². The molecule has 0 aliphatic rings. The molecule has 0 saturated heterocycles. The number of allylic oxidation sites excluding steroid dienone is 1. The standard InChI is InChI=1S/C13H19NO2.ClH/c1-4-5-6-12(14)11-8-7-10(15-2)9-13(11)16-3;/h4,7-9,12H,1,5-6,14H2,2-3H3;1H/t12-;/m0./s1. The smallest absolute Gasteiger partial charge is 0.127 e. The Morgan fingerprint density at radius 3 is 2.59 bits per heavy atom. The highest BCUT2D eigenvalue weighted by Crippen LogP contribution is 2.30. The van der Waals surface area contributed by atoms with E-state index < -0.39 is 0 Å². The van der Waals surface area contributed by atoms with E-state index in [1.54, 1.807) is 14.2 Å². The SMILES string of the molecule is C=CCC[C@H](N)c1ccc(OC)cc1OC.Cl. The van der Waals surface area contributed by atoms with Crippen molar-refractivity contribution in [2.75, 3.05) is 14.2 Å². The molecule has 0 unspecified atom stereocenters. The highest BCUT2D eigenvalue weighted by molar-refractivity contribution is 5.85. The number of nitrogens with two attached hydrogens (primary N) is 1. The van der Waals surface area contributed by atoms with E-state index >= 15 is 0 Å². The fourth-order valence-corrected chi connectivity index (χ4v) is 1.58. The van der Waals surface area contributed by atoms with Crippen LogP contribution in [0.2, 0.25) is 0 Å². The largest absolute Gasteiger partial charge is 0.497 e. The number of hydrogen-bond acceptors (Lipinski definition) is 3. The highest BCUT2D eigenvalue weighted by Gasteiger charge is 2.11. The van der Waals surface area contributed by atoms with Crippen LogP contribution in [0.25, 0.3) is 0 Å². The van der Waals surface area contributed by atoms with Gasteiger partial charge in [-0.3, -0.25) is 0 Å². The lowest BCUT2D eigenvalue weighted by atomic mass is 10.0. The van der Waals surface area contributed by atoms with Gasteiger partial charge in [0.25, 0.3) is 0 Å². The summed E-state index contributed by atoms with van der Waals surface area (Å²) in [5, 5.41) is 0. The molecule has 0 aliphatic heterocycles. The quantitative estimate of drug-likeness (QED) is 0.797. The van der Waals surface area contributed by atoms with Gasteiger partial charge in [-0.2, -0.15) is 0 Å². The third-order valence-corrected chi connectivity index (χ3v) is 2.52. The van der Waals surface area contributed by atoms with Crippen molar-refractivity contribution < 1.29 is 9.47 Å². The summed E-state index contributed by atoms with van der Waals surface area (Å²) in [6.45, 7) is 3.69. The van der Waals surface area contributed by atoms with Crippen LogP contribution in [0.3, 0.4) is 0 Å². The molecule has 1 atom stereocenters. The second-order valence-electron chi connectivity index (χ2n) is 3.58. The summed E-state index contributed by atoms with van der Waals surface area (Å²) in [5.74, 6) is 1.55. The molecule has 4 heteroatoms. The van der Waals surface area contributed by atoms with Crippen LogP contribution < -0.4 is 15.2 Å². The third-order valence-electron chi connectivity index (χ3n) is 2.52. The predicted octanol–water partition coefficient (Wildman–Crippen LogP) is 3.09. The number of hydrogen-bond donors (Lipinski definition) is 1. The lowest BCUT2D eigenvalue weighted by Gasteiger charge is -2.15. The van der Waals surface area contributed by atoms with E-state index in [-0.39, 0.29) is 18.4 Å². The zero-order valence-corrected chi connectivity index (χ0v) is 11.1. The van der Waals surface area contributed by atoms with E-state index in [0.29, 0.717) is 0 Å². The Labute approximate surface area is 109 Å². The molecule has 2 N–H and O–H groups in total. The van der Waals surface area contributed by atoms with Crippen molar-refractivity contribution in [3.8, 4) is 11.5 Å². The summed E-state index contributed by atoms with van der Waals surface area (Å²) >= 11 is 0. The normalized spacial score (nSPS) is 11.2. The highest BCUT2D eigenvalue weighted by atomic mass is 35.5.